The van der Waals surface area contributed by atoms with E-state index in [0.29, 0.717) is 16.3 Å². The van der Waals surface area contributed by atoms with Crippen LogP contribution in [0.5, 0.6) is 0 Å². The van der Waals surface area contributed by atoms with E-state index in [4.69, 9.17) is 17.3 Å². The van der Waals surface area contributed by atoms with E-state index in [0.717, 1.165) is 25.9 Å². The lowest BCUT2D eigenvalue weighted by atomic mass is 10.1. The smallest absolute Gasteiger partial charge is 0.256 e. The van der Waals surface area contributed by atoms with Gasteiger partial charge < -0.3 is 16.0 Å². The van der Waals surface area contributed by atoms with Crippen molar-refractivity contribution in [2.45, 2.75) is 19.8 Å². The average molecular weight is 346 g/mol. The standard InChI is InChI=1S/C15H20ClN3O2.ClH/c1-10(9-17)14(20)18-13-5-4-11(16)8-12(13)15(21)19-6-2-3-7-19;/h4-5,8,10H,2-3,6-7,9,17H2,1H3,(H,18,20);1H. The summed E-state index contributed by atoms with van der Waals surface area (Å²) in [6.45, 7) is 3.50. The Morgan fingerprint density at radius 2 is 2.00 bits per heavy atom. The second-order valence-corrected chi connectivity index (χ2v) is 5.75. The van der Waals surface area contributed by atoms with E-state index in [9.17, 15) is 9.59 Å². The van der Waals surface area contributed by atoms with E-state index in [-0.39, 0.29) is 36.7 Å². The maximum atomic E-state index is 12.5. The number of nitrogens with zero attached hydrogens (tertiary/aromatic N) is 1. The van der Waals surface area contributed by atoms with Gasteiger partial charge in [0.25, 0.3) is 5.91 Å². The van der Waals surface area contributed by atoms with Crippen molar-refractivity contribution in [3.8, 4) is 0 Å². The van der Waals surface area contributed by atoms with Crippen LogP contribution < -0.4 is 11.1 Å². The van der Waals surface area contributed by atoms with Gasteiger partial charge in [-0.15, -0.1) is 12.4 Å². The number of nitrogens with one attached hydrogen (secondary N) is 1. The highest BCUT2D eigenvalue weighted by Gasteiger charge is 2.23. The Bertz CT molecular complexity index is 546. The van der Waals surface area contributed by atoms with Crippen LogP contribution in [0.3, 0.4) is 0 Å². The summed E-state index contributed by atoms with van der Waals surface area (Å²) >= 11 is 5.99. The van der Waals surface area contributed by atoms with Crippen LogP contribution in [0.25, 0.3) is 0 Å². The van der Waals surface area contributed by atoms with Crippen LogP contribution in [0.15, 0.2) is 18.2 Å². The first-order valence-corrected chi connectivity index (χ1v) is 7.50. The van der Waals surface area contributed by atoms with Gasteiger partial charge in [0.2, 0.25) is 5.91 Å². The van der Waals surface area contributed by atoms with Crippen LogP contribution in [0.2, 0.25) is 5.02 Å². The molecule has 0 aliphatic carbocycles. The summed E-state index contributed by atoms with van der Waals surface area (Å²) in [5.74, 6) is -0.601. The molecule has 0 aromatic heterocycles. The SMILES string of the molecule is CC(CN)C(=O)Nc1ccc(Cl)cc1C(=O)N1CCCC1.Cl. The van der Waals surface area contributed by atoms with E-state index in [2.05, 4.69) is 5.32 Å². The number of carbonyl (C=O) groups is 2. The summed E-state index contributed by atoms with van der Waals surface area (Å²) in [5, 5.41) is 3.24. The molecule has 1 saturated heterocycles. The molecule has 0 saturated carbocycles. The molecule has 1 heterocycles. The molecular formula is C15H21Cl2N3O2. The first kappa shape index (κ1) is 18.7. The predicted octanol–water partition coefficient (Wildman–Crippen LogP) is 2.53. The monoisotopic (exact) mass is 345 g/mol. The second-order valence-electron chi connectivity index (χ2n) is 5.32. The van der Waals surface area contributed by atoms with Gasteiger partial charge in [-0.05, 0) is 31.0 Å². The summed E-state index contributed by atoms with van der Waals surface area (Å²) in [6, 6.07) is 4.92. The second kappa shape index (κ2) is 8.36. The summed E-state index contributed by atoms with van der Waals surface area (Å²) in [7, 11) is 0. The van der Waals surface area contributed by atoms with Gasteiger partial charge in [0, 0.05) is 30.6 Å². The molecule has 22 heavy (non-hydrogen) atoms. The van der Waals surface area contributed by atoms with Gasteiger partial charge in [0.15, 0.2) is 0 Å². The summed E-state index contributed by atoms with van der Waals surface area (Å²) < 4.78 is 0. The maximum Gasteiger partial charge on any atom is 0.256 e. The lowest BCUT2D eigenvalue weighted by Gasteiger charge is -2.19. The van der Waals surface area contributed by atoms with Gasteiger partial charge >= 0.3 is 0 Å². The molecular weight excluding hydrogens is 325 g/mol. The highest BCUT2D eigenvalue weighted by molar-refractivity contribution is 6.31. The lowest BCUT2D eigenvalue weighted by molar-refractivity contribution is -0.119. The first-order valence-electron chi connectivity index (χ1n) is 7.12. The molecule has 2 rings (SSSR count). The fourth-order valence-electron chi connectivity index (χ4n) is 2.26. The maximum absolute atomic E-state index is 12.5. The zero-order valence-corrected chi connectivity index (χ0v) is 14.0. The highest BCUT2D eigenvalue weighted by atomic mass is 35.5. The quantitative estimate of drug-likeness (QED) is 0.880. The molecule has 1 aliphatic rings. The molecule has 1 unspecified atom stereocenters. The number of hydrogen-bond acceptors (Lipinski definition) is 3. The first-order chi connectivity index (χ1) is 10.0. The Labute approximate surface area is 141 Å². The molecule has 0 spiro atoms. The third-order valence-corrected chi connectivity index (χ3v) is 3.90. The normalized spacial score (nSPS) is 15.1. The zero-order valence-electron chi connectivity index (χ0n) is 12.5. The number of rotatable bonds is 4. The molecule has 7 heteroatoms. The van der Waals surface area contributed by atoms with Crippen molar-refractivity contribution in [1.82, 2.24) is 4.90 Å². The molecule has 1 aromatic carbocycles. The van der Waals surface area contributed by atoms with Crippen molar-refractivity contribution in [3.05, 3.63) is 28.8 Å². The fraction of sp³-hybridized carbons (Fsp3) is 0.467. The Kier molecular flexibility index (Phi) is 7.13. The van der Waals surface area contributed by atoms with Crippen molar-refractivity contribution in [2.75, 3.05) is 25.0 Å². The Morgan fingerprint density at radius 3 is 2.59 bits per heavy atom. The molecule has 0 radical (unpaired) electrons. The van der Waals surface area contributed by atoms with Crippen molar-refractivity contribution in [2.24, 2.45) is 11.7 Å². The van der Waals surface area contributed by atoms with E-state index in [1.807, 2.05) is 0 Å². The zero-order chi connectivity index (χ0) is 15.4. The molecule has 122 valence electrons. The van der Waals surface area contributed by atoms with Gasteiger partial charge in [-0.3, -0.25) is 9.59 Å². The van der Waals surface area contributed by atoms with Gasteiger partial charge in [0.05, 0.1) is 11.3 Å². The number of benzene rings is 1. The number of likely N-dealkylation sites (tertiary alicyclic amines) is 1. The topological polar surface area (TPSA) is 75.4 Å². The van der Waals surface area contributed by atoms with Crippen molar-refractivity contribution in [3.63, 3.8) is 0 Å². The third-order valence-electron chi connectivity index (χ3n) is 3.66. The van der Waals surface area contributed by atoms with Crippen LogP contribution in [-0.4, -0.2) is 36.3 Å². The van der Waals surface area contributed by atoms with Crippen LogP contribution in [0, 0.1) is 5.92 Å². The van der Waals surface area contributed by atoms with Gasteiger partial charge in [-0.2, -0.15) is 0 Å². The number of hydrogen-bond donors (Lipinski definition) is 2. The predicted molar refractivity (Wildman–Crippen MR) is 90.7 cm³/mol. The molecule has 5 nitrogen and oxygen atoms in total. The summed E-state index contributed by atoms with van der Waals surface area (Å²) in [4.78, 5) is 26.3. The summed E-state index contributed by atoms with van der Waals surface area (Å²) in [6.07, 6.45) is 2.02. The van der Waals surface area contributed by atoms with Gasteiger partial charge in [-0.1, -0.05) is 18.5 Å². The molecule has 0 bridgehead atoms. The van der Waals surface area contributed by atoms with Crippen molar-refractivity contribution >= 4 is 41.5 Å². The van der Waals surface area contributed by atoms with E-state index >= 15 is 0 Å². The summed E-state index contributed by atoms with van der Waals surface area (Å²) in [5.41, 5.74) is 6.41. The van der Waals surface area contributed by atoms with Crippen LogP contribution in [-0.2, 0) is 4.79 Å². The molecule has 1 aromatic rings. The molecule has 1 atom stereocenters. The Morgan fingerprint density at radius 1 is 1.36 bits per heavy atom. The molecule has 1 aliphatic heterocycles. The minimum Gasteiger partial charge on any atom is -0.339 e. The number of carbonyl (C=O) groups excluding carboxylic acids is 2. The number of anilines is 1. The van der Waals surface area contributed by atoms with Gasteiger partial charge in [-0.25, -0.2) is 0 Å². The van der Waals surface area contributed by atoms with Crippen molar-refractivity contribution < 1.29 is 9.59 Å². The molecule has 1 fully saturated rings. The fourth-order valence-corrected chi connectivity index (χ4v) is 2.43. The minimum absolute atomic E-state index is 0. The van der Waals surface area contributed by atoms with Gasteiger partial charge in [0.1, 0.15) is 0 Å². The largest absolute Gasteiger partial charge is 0.339 e. The van der Waals surface area contributed by atoms with E-state index in [1.54, 1.807) is 30.0 Å². The van der Waals surface area contributed by atoms with Crippen LogP contribution in [0.4, 0.5) is 5.69 Å². The minimum atomic E-state index is -0.310. The van der Waals surface area contributed by atoms with E-state index in [1.165, 1.54) is 0 Å². The molecule has 3 N–H and O–H groups in total. The van der Waals surface area contributed by atoms with Crippen molar-refractivity contribution in [1.29, 1.82) is 0 Å². The number of amides is 2. The average Bonchev–Trinajstić information content (AvgIpc) is 3.01. The molecule has 2 amide bonds. The third kappa shape index (κ3) is 4.35. The number of nitrogens with two attached hydrogens (primary N) is 1. The Hall–Kier alpha value is -1.30. The highest BCUT2D eigenvalue weighted by Crippen LogP contribution is 2.24. The lowest BCUT2D eigenvalue weighted by Crippen LogP contribution is -2.30. The van der Waals surface area contributed by atoms with Crippen LogP contribution >= 0.6 is 24.0 Å². The Balaban J connectivity index is 0.00000242. The number of halogens is 2. The van der Waals surface area contributed by atoms with Crippen LogP contribution in [0.1, 0.15) is 30.1 Å². The van der Waals surface area contributed by atoms with E-state index < -0.39 is 0 Å².